The lowest BCUT2D eigenvalue weighted by atomic mass is 10.0. The van der Waals surface area contributed by atoms with E-state index < -0.39 is 5.97 Å². The van der Waals surface area contributed by atoms with Crippen LogP contribution in [-0.4, -0.2) is 35.1 Å². The van der Waals surface area contributed by atoms with Crippen molar-refractivity contribution in [3.63, 3.8) is 0 Å². The van der Waals surface area contributed by atoms with Crippen LogP contribution in [0.4, 0.5) is 0 Å². The third-order valence-electron chi connectivity index (χ3n) is 3.58. The quantitative estimate of drug-likeness (QED) is 0.888. The molecule has 0 aliphatic carbocycles. The van der Waals surface area contributed by atoms with Crippen molar-refractivity contribution in [2.45, 2.75) is 39.2 Å². The average Bonchev–Trinajstić information content (AvgIpc) is 2.77. The van der Waals surface area contributed by atoms with Gasteiger partial charge in [-0.25, -0.2) is 0 Å². The molecule has 18 heavy (non-hydrogen) atoms. The van der Waals surface area contributed by atoms with Crippen LogP contribution < -0.4 is 0 Å². The fourth-order valence-corrected chi connectivity index (χ4v) is 2.84. The highest BCUT2D eigenvalue weighted by atomic mass is 16.4. The Hall–Kier alpha value is -1.35. The molecule has 0 unspecified atom stereocenters. The third-order valence-corrected chi connectivity index (χ3v) is 3.58. The highest BCUT2D eigenvalue weighted by Gasteiger charge is 2.27. The van der Waals surface area contributed by atoms with E-state index in [1.165, 1.54) is 11.1 Å². The van der Waals surface area contributed by atoms with Gasteiger partial charge in [-0.05, 0) is 51.8 Å². The number of rotatable bonds is 4. The first-order valence-corrected chi connectivity index (χ1v) is 6.60. The van der Waals surface area contributed by atoms with Gasteiger partial charge in [-0.3, -0.25) is 9.69 Å². The highest BCUT2D eigenvalue weighted by Crippen LogP contribution is 2.18. The van der Waals surface area contributed by atoms with Gasteiger partial charge in [-0.15, -0.1) is 0 Å². The van der Waals surface area contributed by atoms with Crippen molar-refractivity contribution in [2.75, 3.05) is 13.1 Å². The van der Waals surface area contributed by atoms with Crippen molar-refractivity contribution < 1.29 is 9.90 Å². The smallest absolute Gasteiger partial charge is 0.321 e. The largest absolute Gasteiger partial charge is 0.480 e. The number of carbonyl (C=O) groups is 1. The summed E-state index contributed by atoms with van der Waals surface area (Å²) in [5, 5.41) is 9.39. The second-order valence-corrected chi connectivity index (χ2v) is 5.30. The van der Waals surface area contributed by atoms with Crippen LogP contribution in [0.5, 0.6) is 0 Å². The van der Waals surface area contributed by atoms with Crippen molar-refractivity contribution in [3.05, 3.63) is 34.9 Å². The van der Waals surface area contributed by atoms with Crippen LogP contribution in [0.3, 0.4) is 0 Å². The molecule has 1 aliphatic heterocycles. The van der Waals surface area contributed by atoms with Crippen molar-refractivity contribution >= 4 is 5.97 Å². The van der Waals surface area contributed by atoms with E-state index >= 15 is 0 Å². The molecule has 1 N–H and O–H groups in total. The van der Waals surface area contributed by atoms with Crippen molar-refractivity contribution in [1.82, 2.24) is 4.90 Å². The maximum atomic E-state index is 11.4. The van der Waals surface area contributed by atoms with Crippen LogP contribution in [0.25, 0.3) is 0 Å². The van der Waals surface area contributed by atoms with Gasteiger partial charge in [0, 0.05) is 0 Å². The molecule has 1 heterocycles. The van der Waals surface area contributed by atoms with Crippen LogP contribution in [0.2, 0.25) is 0 Å². The molecule has 98 valence electrons. The minimum Gasteiger partial charge on any atom is -0.480 e. The maximum Gasteiger partial charge on any atom is 0.321 e. The Bertz CT molecular complexity index is 416. The first kappa shape index (κ1) is 13.1. The van der Waals surface area contributed by atoms with E-state index in [0.717, 1.165) is 31.5 Å². The number of likely N-dealkylation sites (tertiary alicyclic amines) is 1. The lowest BCUT2D eigenvalue weighted by Crippen LogP contribution is -2.40. The molecule has 1 aromatic carbocycles. The van der Waals surface area contributed by atoms with Crippen molar-refractivity contribution in [2.24, 2.45) is 0 Å². The SMILES string of the molecule is Cc1cc(C)cc(C[C@H](C(=O)O)N2CCCC2)c1. The summed E-state index contributed by atoms with van der Waals surface area (Å²) in [6, 6.07) is 5.95. The van der Waals surface area contributed by atoms with Gasteiger partial charge in [0.1, 0.15) is 6.04 Å². The summed E-state index contributed by atoms with van der Waals surface area (Å²) in [6.07, 6.45) is 2.85. The lowest BCUT2D eigenvalue weighted by molar-refractivity contribution is -0.142. The van der Waals surface area contributed by atoms with E-state index in [1.807, 2.05) is 0 Å². The summed E-state index contributed by atoms with van der Waals surface area (Å²) in [5.74, 6) is -0.698. The van der Waals surface area contributed by atoms with E-state index in [-0.39, 0.29) is 6.04 Å². The molecule has 0 amide bonds. The average molecular weight is 247 g/mol. The second kappa shape index (κ2) is 5.53. The fraction of sp³-hybridized carbons (Fsp3) is 0.533. The van der Waals surface area contributed by atoms with E-state index in [1.54, 1.807) is 0 Å². The maximum absolute atomic E-state index is 11.4. The van der Waals surface area contributed by atoms with Crippen LogP contribution in [0, 0.1) is 13.8 Å². The van der Waals surface area contributed by atoms with E-state index in [4.69, 9.17) is 0 Å². The van der Waals surface area contributed by atoms with Gasteiger partial charge in [0.25, 0.3) is 0 Å². The van der Waals surface area contributed by atoms with Gasteiger partial charge < -0.3 is 5.11 Å². The zero-order chi connectivity index (χ0) is 13.1. The summed E-state index contributed by atoms with van der Waals surface area (Å²) >= 11 is 0. The van der Waals surface area contributed by atoms with Crippen LogP contribution in [0.1, 0.15) is 29.5 Å². The summed E-state index contributed by atoms with van der Waals surface area (Å²) in [4.78, 5) is 13.5. The first-order chi connectivity index (χ1) is 8.56. The molecule has 1 atom stereocenters. The number of nitrogens with zero attached hydrogens (tertiary/aromatic N) is 1. The summed E-state index contributed by atoms with van der Waals surface area (Å²) in [7, 11) is 0. The van der Waals surface area contributed by atoms with Crippen LogP contribution >= 0.6 is 0 Å². The van der Waals surface area contributed by atoms with Crippen LogP contribution in [0.15, 0.2) is 18.2 Å². The Morgan fingerprint density at radius 3 is 2.28 bits per heavy atom. The normalized spacial score (nSPS) is 17.9. The fourth-order valence-electron chi connectivity index (χ4n) is 2.84. The molecule has 0 spiro atoms. The Kier molecular flexibility index (Phi) is 4.02. The number of aryl methyl sites for hydroxylation is 2. The minimum atomic E-state index is -0.698. The van der Waals surface area contributed by atoms with E-state index in [0.29, 0.717) is 6.42 Å². The van der Waals surface area contributed by atoms with Gasteiger partial charge in [0.15, 0.2) is 0 Å². The zero-order valence-electron chi connectivity index (χ0n) is 11.1. The molecule has 0 radical (unpaired) electrons. The molecule has 0 saturated carbocycles. The summed E-state index contributed by atoms with van der Waals surface area (Å²) < 4.78 is 0. The number of aliphatic carboxylic acids is 1. The molecule has 1 fully saturated rings. The predicted molar refractivity (Wildman–Crippen MR) is 71.9 cm³/mol. The Labute approximate surface area is 108 Å². The molecule has 0 aromatic heterocycles. The molecular weight excluding hydrogens is 226 g/mol. The molecule has 1 aromatic rings. The van der Waals surface area contributed by atoms with E-state index in [2.05, 4.69) is 36.9 Å². The molecule has 3 nitrogen and oxygen atoms in total. The van der Waals surface area contributed by atoms with Gasteiger partial charge in [-0.2, -0.15) is 0 Å². The predicted octanol–water partition coefficient (Wildman–Crippen LogP) is 2.39. The monoisotopic (exact) mass is 247 g/mol. The molecule has 3 heteroatoms. The Balaban J connectivity index is 2.15. The van der Waals surface area contributed by atoms with Crippen molar-refractivity contribution in [1.29, 1.82) is 0 Å². The van der Waals surface area contributed by atoms with E-state index in [9.17, 15) is 9.90 Å². The second-order valence-electron chi connectivity index (χ2n) is 5.30. The Morgan fingerprint density at radius 1 is 1.22 bits per heavy atom. The first-order valence-electron chi connectivity index (χ1n) is 6.60. The lowest BCUT2D eigenvalue weighted by Gasteiger charge is -2.24. The number of benzene rings is 1. The van der Waals surface area contributed by atoms with Gasteiger partial charge >= 0.3 is 5.97 Å². The summed E-state index contributed by atoms with van der Waals surface area (Å²) in [6.45, 7) is 5.95. The van der Waals surface area contributed by atoms with Gasteiger partial charge in [0.2, 0.25) is 0 Å². The van der Waals surface area contributed by atoms with Crippen molar-refractivity contribution in [3.8, 4) is 0 Å². The highest BCUT2D eigenvalue weighted by molar-refractivity contribution is 5.74. The zero-order valence-corrected chi connectivity index (χ0v) is 11.1. The molecule has 0 bridgehead atoms. The summed E-state index contributed by atoms with van der Waals surface area (Å²) in [5.41, 5.74) is 3.54. The number of carboxylic acid groups (broad SMARTS) is 1. The van der Waals surface area contributed by atoms with Crippen LogP contribution in [-0.2, 0) is 11.2 Å². The standard InChI is InChI=1S/C15H21NO2/c1-11-7-12(2)9-13(8-11)10-14(15(17)18)16-5-3-4-6-16/h7-9,14H,3-6,10H2,1-2H3,(H,17,18)/t14-/m1/s1. The topological polar surface area (TPSA) is 40.5 Å². The number of carboxylic acids is 1. The minimum absolute atomic E-state index is 0.367. The molecule has 2 rings (SSSR count). The Morgan fingerprint density at radius 2 is 1.78 bits per heavy atom. The van der Waals surface area contributed by atoms with Gasteiger partial charge in [0.05, 0.1) is 0 Å². The molecule has 1 aliphatic rings. The number of hydrogen-bond donors (Lipinski definition) is 1. The molecular formula is C15H21NO2. The number of hydrogen-bond acceptors (Lipinski definition) is 2. The third kappa shape index (κ3) is 3.10. The van der Waals surface area contributed by atoms with Gasteiger partial charge in [-0.1, -0.05) is 29.3 Å². The molecule has 1 saturated heterocycles.